The molecule has 20 heavy (non-hydrogen) atoms. The van der Waals surface area contributed by atoms with E-state index in [-0.39, 0.29) is 24.7 Å². The third kappa shape index (κ3) is 2.66. The molecule has 2 aliphatic heterocycles. The summed E-state index contributed by atoms with van der Waals surface area (Å²) in [6.45, 7) is 4.74. The quantitative estimate of drug-likeness (QED) is 0.773. The summed E-state index contributed by atoms with van der Waals surface area (Å²) < 4.78 is 5.63. The highest BCUT2D eigenvalue weighted by Gasteiger charge is 2.38. The third-order valence-electron chi connectivity index (χ3n) is 4.14. The van der Waals surface area contributed by atoms with Crippen LogP contribution in [0.1, 0.15) is 17.8 Å². The first-order chi connectivity index (χ1) is 9.63. The Morgan fingerprint density at radius 2 is 2.25 bits per heavy atom. The van der Waals surface area contributed by atoms with Crippen molar-refractivity contribution in [2.24, 2.45) is 0 Å². The van der Waals surface area contributed by atoms with E-state index in [0.717, 1.165) is 37.4 Å². The van der Waals surface area contributed by atoms with E-state index in [9.17, 15) is 4.79 Å². The molecule has 2 saturated heterocycles. The summed E-state index contributed by atoms with van der Waals surface area (Å²) in [4.78, 5) is 24.5. The molecule has 3 heterocycles. The van der Waals surface area contributed by atoms with Crippen LogP contribution in [0.25, 0.3) is 0 Å². The summed E-state index contributed by atoms with van der Waals surface area (Å²) in [5.41, 5.74) is 1.90. The number of likely N-dealkylation sites (N-methyl/N-ethyl adjacent to an activating group) is 1. The van der Waals surface area contributed by atoms with Crippen LogP contribution in [0, 0.1) is 6.92 Å². The molecule has 3 rings (SSSR count). The molecular weight excluding hydrogens is 256 g/mol. The van der Waals surface area contributed by atoms with Crippen LogP contribution in [0.15, 0.2) is 12.4 Å². The van der Waals surface area contributed by atoms with Crippen molar-refractivity contribution in [1.29, 1.82) is 0 Å². The Morgan fingerprint density at radius 1 is 1.40 bits per heavy atom. The monoisotopic (exact) mass is 276 g/mol. The van der Waals surface area contributed by atoms with Crippen molar-refractivity contribution in [2.75, 3.05) is 26.7 Å². The number of nitrogens with zero attached hydrogens (tertiary/aromatic N) is 4. The minimum absolute atomic E-state index is 0.0724. The summed E-state index contributed by atoms with van der Waals surface area (Å²) in [6, 6.07) is 0.156. The Balaban J connectivity index is 1.65. The fourth-order valence-corrected chi connectivity index (χ4v) is 2.88. The van der Waals surface area contributed by atoms with Crippen molar-refractivity contribution in [1.82, 2.24) is 19.8 Å². The number of hydrogen-bond donors (Lipinski definition) is 0. The number of likely N-dealkylation sites (tertiary alicyclic amines) is 1. The summed E-state index contributed by atoms with van der Waals surface area (Å²) in [7, 11) is 1.87. The number of fused-ring (bicyclic) bond motifs is 1. The van der Waals surface area contributed by atoms with E-state index in [2.05, 4.69) is 14.9 Å². The molecule has 0 radical (unpaired) electrons. The lowest BCUT2D eigenvalue weighted by Crippen LogP contribution is -2.60. The van der Waals surface area contributed by atoms with Gasteiger partial charge in [0.25, 0.3) is 0 Å². The molecule has 0 spiro atoms. The summed E-state index contributed by atoms with van der Waals surface area (Å²) >= 11 is 0. The van der Waals surface area contributed by atoms with Gasteiger partial charge in [0, 0.05) is 39.1 Å². The Kier molecular flexibility index (Phi) is 3.67. The van der Waals surface area contributed by atoms with Crippen molar-refractivity contribution in [3.05, 3.63) is 23.8 Å². The van der Waals surface area contributed by atoms with Gasteiger partial charge in [-0.2, -0.15) is 0 Å². The molecule has 0 aromatic carbocycles. The molecule has 108 valence electrons. The van der Waals surface area contributed by atoms with Gasteiger partial charge in [0.2, 0.25) is 5.91 Å². The smallest absolute Gasteiger partial charge is 0.248 e. The fraction of sp³-hybridized carbons (Fsp3) is 0.643. The van der Waals surface area contributed by atoms with E-state index in [1.807, 2.05) is 25.1 Å². The van der Waals surface area contributed by atoms with E-state index < -0.39 is 0 Å². The molecule has 1 aromatic heterocycles. The molecule has 2 atom stereocenters. The molecule has 2 aliphatic rings. The van der Waals surface area contributed by atoms with Gasteiger partial charge in [-0.15, -0.1) is 0 Å². The highest BCUT2D eigenvalue weighted by atomic mass is 16.5. The first-order valence-electron chi connectivity index (χ1n) is 7.00. The number of carbonyl (C=O) groups is 1. The molecule has 2 fully saturated rings. The van der Waals surface area contributed by atoms with Crippen molar-refractivity contribution >= 4 is 5.91 Å². The molecular formula is C14H20N4O2. The number of piperidine rings is 1. The zero-order valence-electron chi connectivity index (χ0n) is 12.0. The van der Waals surface area contributed by atoms with Gasteiger partial charge in [-0.05, 0) is 13.3 Å². The Morgan fingerprint density at radius 3 is 3.00 bits per heavy atom. The van der Waals surface area contributed by atoms with Crippen LogP contribution >= 0.6 is 0 Å². The van der Waals surface area contributed by atoms with Crippen LogP contribution in [-0.4, -0.2) is 64.6 Å². The van der Waals surface area contributed by atoms with Gasteiger partial charge in [0.15, 0.2) is 0 Å². The second-order valence-electron chi connectivity index (χ2n) is 5.59. The number of aryl methyl sites for hydroxylation is 1. The number of aromatic nitrogens is 2. The van der Waals surface area contributed by atoms with E-state index in [0.29, 0.717) is 0 Å². The van der Waals surface area contributed by atoms with Crippen LogP contribution < -0.4 is 0 Å². The summed E-state index contributed by atoms with van der Waals surface area (Å²) in [5.74, 6) is 0.0724. The van der Waals surface area contributed by atoms with Gasteiger partial charge >= 0.3 is 0 Å². The minimum atomic E-state index is 0.0724. The number of carbonyl (C=O) groups excluding carboxylic acids is 1. The maximum Gasteiger partial charge on any atom is 0.248 e. The first-order valence-corrected chi connectivity index (χ1v) is 7.00. The predicted molar refractivity (Wildman–Crippen MR) is 73.0 cm³/mol. The van der Waals surface area contributed by atoms with Gasteiger partial charge in [-0.25, -0.2) is 0 Å². The number of amides is 1. The van der Waals surface area contributed by atoms with Gasteiger partial charge < -0.3 is 9.64 Å². The highest BCUT2D eigenvalue weighted by molar-refractivity contribution is 5.78. The molecule has 1 amide bonds. The normalized spacial score (nSPS) is 27.5. The zero-order chi connectivity index (χ0) is 14.1. The van der Waals surface area contributed by atoms with Gasteiger partial charge in [0.05, 0.1) is 23.5 Å². The average molecular weight is 276 g/mol. The van der Waals surface area contributed by atoms with Crippen LogP contribution in [0.2, 0.25) is 0 Å². The standard InChI is InChI=1S/C14H20N4O2/c1-10-5-16-11(6-15-10)7-18-4-3-13-12(8-18)17(2)14(19)9-20-13/h5-6,12-13H,3-4,7-9H2,1-2H3/t12-,13-/m0/s1. The number of morpholine rings is 1. The number of hydrogen-bond acceptors (Lipinski definition) is 5. The average Bonchev–Trinajstić information content (AvgIpc) is 2.46. The molecule has 6 heteroatoms. The highest BCUT2D eigenvalue weighted by Crippen LogP contribution is 2.23. The minimum Gasteiger partial charge on any atom is -0.366 e. The van der Waals surface area contributed by atoms with E-state index in [1.165, 1.54) is 0 Å². The predicted octanol–water partition coefficient (Wildman–Crippen LogP) is 0.217. The lowest BCUT2D eigenvalue weighted by Gasteiger charge is -2.45. The number of rotatable bonds is 2. The number of ether oxygens (including phenoxy) is 1. The second-order valence-corrected chi connectivity index (χ2v) is 5.59. The Bertz CT molecular complexity index is 490. The van der Waals surface area contributed by atoms with Gasteiger partial charge in [0.1, 0.15) is 6.61 Å². The second kappa shape index (κ2) is 5.46. The van der Waals surface area contributed by atoms with Crippen molar-refractivity contribution in [2.45, 2.75) is 32.0 Å². The molecule has 0 N–H and O–H groups in total. The van der Waals surface area contributed by atoms with Crippen molar-refractivity contribution in [3.8, 4) is 0 Å². The van der Waals surface area contributed by atoms with Crippen molar-refractivity contribution < 1.29 is 9.53 Å². The van der Waals surface area contributed by atoms with Gasteiger partial charge in [-0.3, -0.25) is 19.7 Å². The van der Waals surface area contributed by atoms with E-state index in [4.69, 9.17) is 4.74 Å². The first kappa shape index (κ1) is 13.5. The van der Waals surface area contributed by atoms with Gasteiger partial charge in [-0.1, -0.05) is 0 Å². The fourth-order valence-electron chi connectivity index (χ4n) is 2.88. The van der Waals surface area contributed by atoms with Crippen LogP contribution in [0.4, 0.5) is 0 Å². The van der Waals surface area contributed by atoms with Crippen LogP contribution in [0.3, 0.4) is 0 Å². The lowest BCUT2D eigenvalue weighted by atomic mass is 9.99. The zero-order valence-corrected chi connectivity index (χ0v) is 12.0. The molecule has 0 aliphatic carbocycles. The third-order valence-corrected chi connectivity index (χ3v) is 4.14. The molecule has 0 unspecified atom stereocenters. The summed E-state index contributed by atoms with van der Waals surface area (Å²) in [6.07, 6.45) is 4.76. The maximum atomic E-state index is 11.7. The largest absolute Gasteiger partial charge is 0.366 e. The Hall–Kier alpha value is -1.53. The topological polar surface area (TPSA) is 58.6 Å². The SMILES string of the molecule is Cc1cnc(CN2CC[C@@H]3OCC(=O)N(C)[C@H]3C2)cn1. The maximum absolute atomic E-state index is 11.7. The van der Waals surface area contributed by atoms with Crippen molar-refractivity contribution in [3.63, 3.8) is 0 Å². The van der Waals surface area contributed by atoms with Crippen LogP contribution in [-0.2, 0) is 16.1 Å². The lowest BCUT2D eigenvalue weighted by molar-refractivity contribution is -0.160. The van der Waals surface area contributed by atoms with E-state index in [1.54, 1.807) is 6.20 Å². The van der Waals surface area contributed by atoms with Crippen LogP contribution in [0.5, 0.6) is 0 Å². The molecule has 0 saturated carbocycles. The Labute approximate surface area is 118 Å². The molecule has 1 aromatic rings. The van der Waals surface area contributed by atoms with E-state index >= 15 is 0 Å². The molecule has 6 nitrogen and oxygen atoms in total. The molecule has 0 bridgehead atoms. The summed E-state index contributed by atoms with van der Waals surface area (Å²) in [5, 5.41) is 0.